The predicted octanol–water partition coefficient (Wildman–Crippen LogP) is 2.42. The van der Waals surface area contributed by atoms with Gasteiger partial charge in [-0.2, -0.15) is 18.2 Å². The second-order valence-corrected chi connectivity index (χ2v) is 5.87. The van der Waals surface area contributed by atoms with E-state index in [0.717, 1.165) is 12.1 Å². The van der Waals surface area contributed by atoms with Crippen LogP contribution in [0.5, 0.6) is 0 Å². The predicted molar refractivity (Wildman–Crippen MR) is 82.3 cm³/mol. The first kappa shape index (κ1) is 17.4. The average Bonchev–Trinajstić information content (AvgIpc) is 3.03. The highest BCUT2D eigenvalue weighted by Gasteiger charge is 2.30. The number of carbonyl (C=O) groups excluding carboxylic acids is 1. The van der Waals surface area contributed by atoms with Crippen LogP contribution < -0.4 is 0 Å². The van der Waals surface area contributed by atoms with Crippen molar-refractivity contribution < 1.29 is 22.5 Å². The van der Waals surface area contributed by atoms with E-state index in [1.165, 1.54) is 12.1 Å². The van der Waals surface area contributed by atoms with Gasteiger partial charge < -0.3 is 9.42 Å². The summed E-state index contributed by atoms with van der Waals surface area (Å²) in [7, 11) is 0. The van der Waals surface area contributed by atoms with E-state index in [-0.39, 0.29) is 11.8 Å². The summed E-state index contributed by atoms with van der Waals surface area (Å²) in [6.45, 7) is 4.74. The molecule has 0 saturated carbocycles. The van der Waals surface area contributed by atoms with Gasteiger partial charge in [-0.15, -0.1) is 0 Å². The highest BCUT2D eigenvalue weighted by Crippen LogP contribution is 2.30. The number of halogens is 3. The lowest BCUT2D eigenvalue weighted by molar-refractivity contribution is -0.137. The molecule has 1 saturated heterocycles. The molecule has 0 spiro atoms. The van der Waals surface area contributed by atoms with E-state index in [0.29, 0.717) is 44.1 Å². The van der Waals surface area contributed by atoms with Crippen LogP contribution in [0.2, 0.25) is 0 Å². The Labute approximate surface area is 142 Å². The van der Waals surface area contributed by atoms with Gasteiger partial charge >= 0.3 is 6.18 Å². The lowest BCUT2D eigenvalue weighted by Crippen LogP contribution is -2.47. The van der Waals surface area contributed by atoms with E-state index in [4.69, 9.17) is 4.52 Å². The highest BCUT2D eigenvalue weighted by atomic mass is 19.4. The third-order valence-corrected chi connectivity index (χ3v) is 4.11. The van der Waals surface area contributed by atoms with Gasteiger partial charge in [0.15, 0.2) is 5.82 Å². The molecule has 9 heteroatoms. The number of benzene rings is 1. The third kappa shape index (κ3) is 4.16. The van der Waals surface area contributed by atoms with Crippen LogP contribution in [0.3, 0.4) is 0 Å². The fourth-order valence-corrected chi connectivity index (χ4v) is 2.66. The zero-order valence-electron chi connectivity index (χ0n) is 13.6. The molecule has 1 amide bonds. The first-order valence-electron chi connectivity index (χ1n) is 7.81. The fraction of sp³-hybridized carbons (Fsp3) is 0.438. The van der Waals surface area contributed by atoms with Crippen LogP contribution in [0, 0.1) is 0 Å². The number of nitrogens with zero attached hydrogens (tertiary/aromatic N) is 4. The third-order valence-electron chi connectivity index (χ3n) is 4.11. The molecule has 0 atom stereocenters. The highest BCUT2D eigenvalue weighted by molar-refractivity contribution is 5.73. The fourth-order valence-electron chi connectivity index (χ4n) is 2.66. The maximum atomic E-state index is 12.6. The molecule has 1 aromatic heterocycles. The van der Waals surface area contributed by atoms with Crippen molar-refractivity contribution in [1.82, 2.24) is 19.9 Å². The van der Waals surface area contributed by atoms with Crippen molar-refractivity contribution in [2.24, 2.45) is 0 Å². The summed E-state index contributed by atoms with van der Waals surface area (Å²) in [5.41, 5.74) is -0.285. The largest absolute Gasteiger partial charge is 0.416 e. The Balaban J connectivity index is 1.62. The Morgan fingerprint density at radius 1 is 1.16 bits per heavy atom. The van der Waals surface area contributed by atoms with E-state index >= 15 is 0 Å². The minimum atomic E-state index is -4.37. The second-order valence-electron chi connectivity index (χ2n) is 5.87. The molecule has 6 nitrogen and oxygen atoms in total. The van der Waals surface area contributed by atoms with E-state index in [1.807, 2.05) is 0 Å². The molecule has 0 radical (unpaired) electrons. The lowest BCUT2D eigenvalue weighted by atomic mass is 10.1. The van der Waals surface area contributed by atoms with E-state index in [9.17, 15) is 18.0 Å². The van der Waals surface area contributed by atoms with Crippen molar-refractivity contribution in [2.45, 2.75) is 19.6 Å². The van der Waals surface area contributed by atoms with Crippen molar-refractivity contribution >= 4 is 5.91 Å². The minimum absolute atomic E-state index is 0.0591. The van der Waals surface area contributed by atoms with E-state index in [2.05, 4.69) is 15.0 Å². The van der Waals surface area contributed by atoms with Crippen molar-refractivity contribution in [3.05, 3.63) is 35.7 Å². The van der Waals surface area contributed by atoms with Crippen LogP contribution in [0.4, 0.5) is 13.2 Å². The molecule has 25 heavy (non-hydrogen) atoms. The number of hydrogen-bond donors (Lipinski definition) is 0. The summed E-state index contributed by atoms with van der Waals surface area (Å²) in [6, 6.07) is 4.60. The number of hydrogen-bond acceptors (Lipinski definition) is 5. The molecule has 3 rings (SSSR count). The molecule has 1 fully saturated rings. The van der Waals surface area contributed by atoms with Gasteiger partial charge in [0.05, 0.1) is 12.1 Å². The molecule has 2 aromatic rings. The summed E-state index contributed by atoms with van der Waals surface area (Å²) >= 11 is 0. The molecular weight excluding hydrogens is 337 g/mol. The van der Waals surface area contributed by atoms with Crippen LogP contribution in [0.1, 0.15) is 18.3 Å². The zero-order chi connectivity index (χ0) is 18.0. The number of carbonyl (C=O) groups is 1. The second kappa shape index (κ2) is 6.83. The van der Waals surface area contributed by atoms with E-state index in [1.54, 1.807) is 11.8 Å². The molecule has 134 valence electrons. The van der Waals surface area contributed by atoms with Gasteiger partial charge in [0, 0.05) is 38.7 Å². The minimum Gasteiger partial charge on any atom is -0.340 e. The molecule has 1 aliphatic rings. The monoisotopic (exact) mass is 354 g/mol. The molecule has 0 bridgehead atoms. The maximum absolute atomic E-state index is 12.6. The molecule has 0 N–H and O–H groups in total. The summed E-state index contributed by atoms with van der Waals surface area (Å²) in [6.07, 6.45) is -4.37. The van der Waals surface area contributed by atoms with Crippen molar-refractivity contribution in [1.29, 1.82) is 0 Å². The summed E-state index contributed by atoms with van der Waals surface area (Å²) in [5.74, 6) is 0.709. The van der Waals surface area contributed by atoms with Crippen LogP contribution in [0.15, 0.2) is 28.8 Å². The summed E-state index contributed by atoms with van der Waals surface area (Å²) in [4.78, 5) is 19.4. The molecule has 0 aliphatic carbocycles. The molecule has 1 aliphatic heterocycles. The Kier molecular flexibility index (Phi) is 4.76. The quantitative estimate of drug-likeness (QED) is 0.847. The number of aromatic nitrogens is 2. The molecule has 2 heterocycles. The Bertz CT molecular complexity index is 735. The van der Waals surface area contributed by atoms with Crippen LogP contribution in [0.25, 0.3) is 11.5 Å². The van der Waals surface area contributed by atoms with Gasteiger partial charge in [-0.25, -0.2) is 0 Å². The van der Waals surface area contributed by atoms with Gasteiger partial charge in [0.2, 0.25) is 5.91 Å². The van der Waals surface area contributed by atoms with Gasteiger partial charge in [-0.05, 0) is 24.3 Å². The Hall–Kier alpha value is -2.42. The molecular formula is C16H17F3N4O2. The van der Waals surface area contributed by atoms with E-state index < -0.39 is 11.7 Å². The SMILES string of the molecule is CC(=O)N1CCN(Cc2noc(-c3ccc(C(F)(F)F)cc3)n2)CC1. The van der Waals surface area contributed by atoms with Gasteiger partial charge in [0.1, 0.15) is 0 Å². The molecule has 0 unspecified atom stereocenters. The maximum Gasteiger partial charge on any atom is 0.416 e. The van der Waals surface area contributed by atoms with Gasteiger partial charge in [0.25, 0.3) is 5.89 Å². The summed E-state index contributed by atoms with van der Waals surface area (Å²) < 4.78 is 42.9. The van der Waals surface area contributed by atoms with Crippen LogP contribution in [-0.2, 0) is 17.5 Å². The Morgan fingerprint density at radius 3 is 2.36 bits per heavy atom. The first-order valence-corrected chi connectivity index (χ1v) is 7.81. The first-order chi connectivity index (χ1) is 11.8. The van der Waals surface area contributed by atoms with Crippen molar-refractivity contribution in [2.75, 3.05) is 26.2 Å². The number of alkyl halides is 3. The van der Waals surface area contributed by atoms with Crippen molar-refractivity contribution in [3.63, 3.8) is 0 Å². The standard InChI is InChI=1S/C16H17F3N4O2/c1-11(24)23-8-6-22(7-9-23)10-14-20-15(25-21-14)12-2-4-13(5-3-12)16(17,18)19/h2-5H,6-10H2,1H3. The number of piperazine rings is 1. The Morgan fingerprint density at radius 2 is 1.80 bits per heavy atom. The molecule has 1 aromatic carbocycles. The zero-order valence-corrected chi connectivity index (χ0v) is 13.6. The number of amides is 1. The number of rotatable bonds is 3. The van der Waals surface area contributed by atoms with Gasteiger partial charge in [-0.3, -0.25) is 9.69 Å². The lowest BCUT2D eigenvalue weighted by Gasteiger charge is -2.33. The average molecular weight is 354 g/mol. The smallest absolute Gasteiger partial charge is 0.340 e. The topological polar surface area (TPSA) is 62.5 Å². The normalized spacial score (nSPS) is 16.2. The summed E-state index contributed by atoms with van der Waals surface area (Å²) in [5, 5.41) is 3.88. The van der Waals surface area contributed by atoms with Crippen LogP contribution in [-0.4, -0.2) is 52.0 Å². The van der Waals surface area contributed by atoms with Gasteiger partial charge in [-0.1, -0.05) is 5.16 Å². The van der Waals surface area contributed by atoms with Crippen LogP contribution >= 0.6 is 0 Å². The van der Waals surface area contributed by atoms with Crippen molar-refractivity contribution in [3.8, 4) is 11.5 Å².